The highest BCUT2D eigenvalue weighted by Gasteiger charge is 2.50. The van der Waals surface area contributed by atoms with Crippen LogP contribution in [-0.4, -0.2) is 94.1 Å². The van der Waals surface area contributed by atoms with Crippen molar-refractivity contribution in [2.45, 2.75) is 200 Å². The predicted octanol–water partition coefficient (Wildman–Crippen LogP) is 5.59. The van der Waals surface area contributed by atoms with Crippen LogP contribution in [0, 0.1) is 29.6 Å². The molecule has 4 N–H and O–H groups in total. The van der Waals surface area contributed by atoms with Crippen LogP contribution in [0.4, 0.5) is 0 Å². The number of hydrogen-bond donors (Lipinski definition) is 4. The highest BCUT2D eigenvalue weighted by Crippen LogP contribution is 2.40. The largest absolute Gasteiger partial charge is 0.465 e. The third-order valence-electron chi connectivity index (χ3n) is 12.9. The Morgan fingerprint density at radius 2 is 0.764 bits per heavy atom. The van der Waals surface area contributed by atoms with Crippen molar-refractivity contribution in [3.8, 4) is 0 Å². The quantitative estimate of drug-likeness (QED) is 0.129. The molecule has 4 fully saturated rings. The second kappa shape index (κ2) is 15.5. The Morgan fingerprint density at radius 3 is 1.07 bits per heavy atom. The van der Waals surface area contributed by atoms with E-state index in [0.29, 0.717) is 6.42 Å². The van der Waals surface area contributed by atoms with Crippen LogP contribution in [0.1, 0.15) is 149 Å². The minimum atomic E-state index is -1.34. The van der Waals surface area contributed by atoms with Gasteiger partial charge >= 0.3 is 23.9 Å². The fourth-order valence-corrected chi connectivity index (χ4v) is 10.6. The third-order valence-corrected chi connectivity index (χ3v) is 12.9. The maximum Gasteiger partial charge on any atom is 0.310 e. The van der Waals surface area contributed by atoms with Crippen LogP contribution in [-0.2, 0) is 38.1 Å². The lowest BCUT2D eigenvalue weighted by Gasteiger charge is -2.31. The SMILES string of the molecule is CC1(C)CC(COC(=O)CC(C(=O)OCC2CC(C)(C)NC2(C)C)C(CC(=O)OC2CC(C)(C)NC2(C)C)C(=O)OCC2CC(C)(C)NC2(C)C)C(C)(C)N1. The first-order valence-corrected chi connectivity index (χ1v) is 20.6. The van der Waals surface area contributed by atoms with E-state index in [9.17, 15) is 19.2 Å². The first-order chi connectivity index (χ1) is 24.7. The molecular weight excluding hydrogens is 700 g/mol. The minimum absolute atomic E-state index is 0.0178. The van der Waals surface area contributed by atoms with Gasteiger partial charge in [-0.25, -0.2) is 0 Å². The lowest BCUT2D eigenvalue weighted by Crippen LogP contribution is -2.48. The summed E-state index contributed by atoms with van der Waals surface area (Å²) in [7, 11) is 0. The van der Waals surface area contributed by atoms with E-state index in [0.717, 1.165) is 19.3 Å². The molecule has 12 heteroatoms. The highest BCUT2D eigenvalue weighted by atomic mass is 16.6. The Hall–Kier alpha value is -2.28. The number of hydrogen-bond acceptors (Lipinski definition) is 12. The zero-order chi connectivity index (χ0) is 41.8. The maximum atomic E-state index is 14.3. The third kappa shape index (κ3) is 11.7. The number of nitrogens with one attached hydrogen (secondary N) is 4. The normalized spacial score (nSPS) is 31.3. The van der Waals surface area contributed by atoms with Gasteiger partial charge in [-0.3, -0.25) is 19.2 Å². The van der Waals surface area contributed by atoms with Crippen molar-refractivity contribution in [3.63, 3.8) is 0 Å². The second-order valence-electron chi connectivity index (χ2n) is 22.4. The van der Waals surface area contributed by atoms with E-state index in [1.165, 1.54) is 0 Å². The Labute approximate surface area is 331 Å². The lowest BCUT2D eigenvalue weighted by atomic mass is 9.85. The predicted molar refractivity (Wildman–Crippen MR) is 213 cm³/mol. The van der Waals surface area contributed by atoms with E-state index in [2.05, 4.69) is 104 Å². The van der Waals surface area contributed by atoms with Crippen molar-refractivity contribution in [2.75, 3.05) is 19.8 Å². The molecule has 4 saturated heterocycles. The molecule has 0 bridgehead atoms. The van der Waals surface area contributed by atoms with E-state index in [1.807, 2.05) is 27.7 Å². The summed E-state index contributed by atoms with van der Waals surface area (Å²) < 4.78 is 24.0. The van der Waals surface area contributed by atoms with Gasteiger partial charge in [0.1, 0.15) is 6.10 Å². The summed E-state index contributed by atoms with van der Waals surface area (Å²) in [5, 5.41) is 14.4. The number of carbonyl (C=O) groups is 4. The molecule has 4 aliphatic rings. The van der Waals surface area contributed by atoms with Crippen molar-refractivity contribution < 1.29 is 38.1 Å². The zero-order valence-corrected chi connectivity index (χ0v) is 37.1. The topological polar surface area (TPSA) is 153 Å². The summed E-state index contributed by atoms with van der Waals surface area (Å²) in [5.41, 5.74) is -2.14. The van der Waals surface area contributed by atoms with Crippen molar-refractivity contribution >= 4 is 23.9 Å². The van der Waals surface area contributed by atoms with Gasteiger partial charge in [0.25, 0.3) is 0 Å². The van der Waals surface area contributed by atoms with E-state index in [4.69, 9.17) is 18.9 Å². The number of ether oxygens (including phenoxy) is 4. The Balaban J connectivity index is 1.61. The summed E-state index contributed by atoms with van der Waals surface area (Å²) in [5.74, 6) is -5.41. The molecule has 4 aliphatic heterocycles. The van der Waals surface area contributed by atoms with Crippen molar-refractivity contribution in [1.82, 2.24) is 21.3 Å². The van der Waals surface area contributed by atoms with Gasteiger partial charge in [0.2, 0.25) is 0 Å². The molecule has 6 atom stereocenters. The molecule has 0 aromatic heterocycles. The van der Waals surface area contributed by atoms with Gasteiger partial charge in [0.15, 0.2) is 0 Å². The van der Waals surface area contributed by atoms with Gasteiger partial charge < -0.3 is 40.2 Å². The lowest BCUT2D eigenvalue weighted by molar-refractivity contribution is -0.170. The monoisotopic (exact) mass is 777 g/mol. The van der Waals surface area contributed by atoms with Crippen LogP contribution < -0.4 is 21.3 Å². The molecule has 55 heavy (non-hydrogen) atoms. The summed E-state index contributed by atoms with van der Waals surface area (Å²) in [6, 6.07) is 0. The van der Waals surface area contributed by atoms with Gasteiger partial charge in [-0.2, -0.15) is 0 Å². The Morgan fingerprint density at radius 1 is 0.455 bits per heavy atom. The molecule has 6 unspecified atom stereocenters. The molecule has 0 spiro atoms. The highest BCUT2D eigenvalue weighted by molar-refractivity contribution is 5.88. The zero-order valence-electron chi connectivity index (χ0n) is 37.1. The smallest absolute Gasteiger partial charge is 0.310 e. The first kappa shape index (κ1) is 45.4. The summed E-state index contributed by atoms with van der Waals surface area (Å²) in [6.45, 7) is 33.5. The molecule has 0 amide bonds. The van der Waals surface area contributed by atoms with Crippen LogP contribution in [0.5, 0.6) is 0 Å². The number of rotatable bonds is 14. The Bertz CT molecular complexity index is 1450. The van der Waals surface area contributed by atoms with Crippen LogP contribution in [0.3, 0.4) is 0 Å². The van der Waals surface area contributed by atoms with Crippen LogP contribution >= 0.6 is 0 Å². The van der Waals surface area contributed by atoms with Gasteiger partial charge in [-0.15, -0.1) is 0 Å². The fraction of sp³-hybridized carbons (Fsp3) is 0.907. The standard InChI is InChI=1S/C43H76N4O8/c1-36(2)19-26(40(9,10)44-36)23-52-32(48)17-29(34(50)53-24-27-20-37(3,4)45-41(27,11)12)30(18-33(49)55-31-22-39(7,8)47-43(31,15)16)35(51)54-25-28-21-38(5,6)46-42(28,13)14/h26-31,44-47H,17-25H2,1-16H3. The van der Waals surface area contributed by atoms with Gasteiger partial charge in [-0.1, -0.05) is 0 Å². The van der Waals surface area contributed by atoms with E-state index in [-0.39, 0.29) is 76.3 Å². The number of carbonyl (C=O) groups excluding carboxylic acids is 4. The van der Waals surface area contributed by atoms with E-state index in [1.54, 1.807) is 0 Å². The molecule has 4 heterocycles. The van der Waals surface area contributed by atoms with Crippen molar-refractivity contribution in [3.05, 3.63) is 0 Å². The molecule has 0 aromatic rings. The van der Waals surface area contributed by atoms with Gasteiger partial charge in [-0.05, 0) is 130 Å². The average Bonchev–Trinajstić information content (AvgIpc) is 3.52. The summed E-state index contributed by atoms with van der Waals surface area (Å²) in [4.78, 5) is 56.3. The molecule has 0 radical (unpaired) electrons. The molecule has 0 aromatic carbocycles. The molecule has 4 rings (SSSR count). The molecule has 12 nitrogen and oxygen atoms in total. The van der Waals surface area contributed by atoms with Crippen molar-refractivity contribution in [2.24, 2.45) is 29.6 Å². The van der Waals surface area contributed by atoms with Crippen LogP contribution in [0.15, 0.2) is 0 Å². The van der Waals surface area contributed by atoms with Crippen LogP contribution in [0.2, 0.25) is 0 Å². The molecule has 0 saturated carbocycles. The summed E-state index contributed by atoms with van der Waals surface area (Å²) >= 11 is 0. The number of esters is 4. The Kier molecular flexibility index (Phi) is 12.8. The molecule has 0 aliphatic carbocycles. The van der Waals surface area contributed by atoms with Gasteiger partial charge in [0.05, 0.1) is 50.0 Å². The van der Waals surface area contributed by atoms with Crippen LogP contribution in [0.25, 0.3) is 0 Å². The summed E-state index contributed by atoms with van der Waals surface area (Å²) in [6.07, 6.45) is 1.54. The van der Waals surface area contributed by atoms with Gasteiger partial charge in [0, 0.05) is 62.9 Å². The average molecular weight is 777 g/mol. The fourth-order valence-electron chi connectivity index (χ4n) is 10.6. The van der Waals surface area contributed by atoms with E-state index < -0.39 is 60.2 Å². The van der Waals surface area contributed by atoms with E-state index >= 15 is 0 Å². The van der Waals surface area contributed by atoms with Crippen molar-refractivity contribution in [1.29, 1.82) is 0 Å². The minimum Gasteiger partial charge on any atom is -0.465 e. The maximum absolute atomic E-state index is 14.3. The first-order valence-electron chi connectivity index (χ1n) is 20.6. The molecule has 316 valence electrons. The second-order valence-corrected chi connectivity index (χ2v) is 22.4. The molecular formula is C43H76N4O8.